The van der Waals surface area contributed by atoms with E-state index in [2.05, 4.69) is 10.6 Å². The molecule has 0 bridgehead atoms. The van der Waals surface area contributed by atoms with Crippen molar-refractivity contribution in [3.63, 3.8) is 0 Å². The van der Waals surface area contributed by atoms with Gasteiger partial charge in [-0.1, -0.05) is 13.8 Å². The highest BCUT2D eigenvalue weighted by atomic mass is 16.6. The fourth-order valence-electron chi connectivity index (χ4n) is 2.60. The molecule has 1 aromatic rings. The van der Waals surface area contributed by atoms with Crippen molar-refractivity contribution >= 4 is 17.7 Å². The van der Waals surface area contributed by atoms with Crippen LogP contribution < -0.4 is 20.5 Å². The first-order valence-electron chi connectivity index (χ1n) is 8.14. The predicted octanol–water partition coefficient (Wildman–Crippen LogP) is 1.50. The maximum atomic E-state index is 12.5. The lowest BCUT2D eigenvalue weighted by molar-refractivity contribution is -0.398. The molecule has 146 valence electrons. The molecule has 1 aromatic carbocycles. The molecule has 10 heteroatoms. The molecule has 27 heavy (non-hydrogen) atoms. The van der Waals surface area contributed by atoms with Gasteiger partial charge in [-0.2, -0.15) is 0 Å². The predicted molar refractivity (Wildman–Crippen MR) is 92.0 cm³/mol. The number of benzene rings is 1. The molecule has 1 heterocycles. The highest BCUT2D eigenvalue weighted by Gasteiger charge is 2.33. The molecule has 10 nitrogen and oxygen atoms in total. The van der Waals surface area contributed by atoms with E-state index in [9.17, 15) is 24.8 Å². The highest BCUT2D eigenvalue weighted by molar-refractivity contribution is 5.95. The first kappa shape index (κ1) is 20.0. The number of urea groups is 1. The van der Waals surface area contributed by atoms with Gasteiger partial charge in [0.2, 0.25) is 0 Å². The topological polar surface area (TPSA) is 143 Å². The van der Waals surface area contributed by atoms with Gasteiger partial charge < -0.3 is 25.2 Å². The van der Waals surface area contributed by atoms with Crippen LogP contribution in [0.3, 0.4) is 0 Å². The molecule has 0 aromatic heterocycles. The average Bonchev–Trinajstić information content (AvgIpc) is 2.58. The van der Waals surface area contributed by atoms with E-state index in [0.29, 0.717) is 0 Å². The molecule has 0 spiro atoms. The number of hydrogen-bond acceptors (Lipinski definition) is 7. The second-order valence-electron chi connectivity index (χ2n) is 6.39. The third-order valence-electron chi connectivity index (χ3n) is 3.84. The zero-order valence-corrected chi connectivity index (χ0v) is 15.3. The molecule has 0 fully saturated rings. The lowest BCUT2D eigenvalue weighted by Crippen LogP contribution is -2.45. The van der Waals surface area contributed by atoms with E-state index in [4.69, 9.17) is 9.47 Å². The standard InChI is InChI=1S/C17H21N3O7/c1-8(2)7-27-16(22)13-9(3)18-17(23)19-14(13)10-5-11(20(24)25)15(21)12(6-10)26-4/h5-6,8,14,21H,7H2,1-4H3,(H2,18,19,23)/p-1/t14-/m1/s1. The SMILES string of the molecule is COc1cc([C@H]2NC(=O)NC(C)=C2C(=O)OCC(C)C)cc([N+](=O)[O-])c1[O-]. The fourth-order valence-corrected chi connectivity index (χ4v) is 2.60. The lowest BCUT2D eigenvalue weighted by Gasteiger charge is -2.29. The number of nitrogens with one attached hydrogen (secondary N) is 2. The molecule has 0 saturated heterocycles. The minimum Gasteiger partial charge on any atom is -0.865 e. The van der Waals surface area contributed by atoms with Gasteiger partial charge in [0.15, 0.2) is 0 Å². The Bertz CT molecular complexity index is 817. The summed E-state index contributed by atoms with van der Waals surface area (Å²) in [6.07, 6.45) is 0. The van der Waals surface area contributed by atoms with Crippen LogP contribution >= 0.6 is 0 Å². The highest BCUT2D eigenvalue weighted by Crippen LogP contribution is 2.39. The summed E-state index contributed by atoms with van der Waals surface area (Å²) in [6, 6.07) is 0.649. The molecule has 0 unspecified atom stereocenters. The Morgan fingerprint density at radius 3 is 2.59 bits per heavy atom. The van der Waals surface area contributed by atoms with Crippen LogP contribution in [0.2, 0.25) is 0 Å². The van der Waals surface area contributed by atoms with E-state index in [1.165, 1.54) is 20.1 Å². The molecule has 0 aliphatic carbocycles. The summed E-state index contributed by atoms with van der Waals surface area (Å²) in [5.74, 6) is -1.73. The fraction of sp³-hybridized carbons (Fsp3) is 0.412. The number of hydrogen-bond donors (Lipinski definition) is 2. The summed E-state index contributed by atoms with van der Waals surface area (Å²) in [4.78, 5) is 34.8. The largest absolute Gasteiger partial charge is 0.865 e. The maximum Gasteiger partial charge on any atom is 0.338 e. The number of methoxy groups -OCH3 is 1. The third-order valence-corrected chi connectivity index (χ3v) is 3.84. The van der Waals surface area contributed by atoms with Crippen LogP contribution in [-0.2, 0) is 9.53 Å². The smallest absolute Gasteiger partial charge is 0.338 e. The number of ether oxygens (including phenoxy) is 2. The Balaban J connectivity index is 2.54. The molecular formula is C17H20N3O7-. The van der Waals surface area contributed by atoms with Crippen molar-refractivity contribution in [1.29, 1.82) is 0 Å². The first-order chi connectivity index (χ1) is 12.6. The number of amides is 2. The molecule has 2 rings (SSSR count). The van der Waals surface area contributed by atoms with Crippen LogP contribution in [0, 0.1) is 16.0 Å². The number of allylic oxidation sites excluding steroid dienone is 1. The molecule has 1 atom stereocenters. The molecule has 1 aliphatic heterocycles. The van der Waals surface area contributed by atoms with E-state index in [1.807, 2.05) is 13.8 Å². The van der Waals surface area contributed by atoms with Gasteiger partial charge >= 0.3 is 12.0 Å². The molecule has 0 radical (unpaired) electrons. The molecule has 0 saturated carbocycles. The van der Waals surface area contributed by atoms with Crippen LogP contribution in [0.5, 0.6) is 11.5 Å². The summed E-state index contributed by atoms with van der Waals surface area (Å²) in [7, 11) is 1.20. The monoisotopic (exact) mass is 378 g/mol. The van der Waals surface area contributed by atoms with Crippen molar-refractivity contribution in [3.05, 3.63) is 39.1 Å². The Morgan fingerprint density at radius 1 is 1.37 bits per heavy atom. The van der Waals surface area contributed by atoms with E-state index in [1.54, 1.807) is 0 Å². The zero-order chi connectivity index (χ0) is 20.3. The Morgan fingerprint density at radius 2 is 2.04 bits per heavy atom. The van der Waals surface area contributed by atoms with Crippen molar-refractivity contribution in [2.75, 3.05) is 13.7 Å². The number of carbonyl (C=O) groups excluding carboxylic acids is 2. The van der Waals surface area contributed by atoms with Crippen LogP contribution in [0.25, 0.3) is 0 Å². The number of rotatable bonds is 6. The van der Waals surface area contributed by atoms with Gasteiger partial charge in [0.25, 0.3) is 5.69 Å². The lowest BCUT2D eigenvalue weighted by atomic mass is 9.94. The van der Waals surface area contributed by atoms with Gasteiger partial charge in [-0.15, -0.1) is 0 Å². The molecular weight excluding hydrogens is 358 g/mol. The zero-order valence-electron chi connectivity index (χ0n) is 15.3. The van der Waals surface area contributed by atoms with Crippen molar-refractivity contribution in [1.82, 2.24) is 10.6 Å². The van der Waals surface area contributed by atoms with E-state index < -0.39 is 34.4 Å². The van der Waals surface area contributed by atoms with Crippen LogP contribution in [0.1, 0.15) is 32.4 Å². The summed E-state index contributed by atoms with van der Waals surface area (Å²) in [6.45, 7) is 5.42. The maximum absolute atomic E-state index is 12.5. The molecule has 2 amide bonds. The summed E-state index contributed by atoms with van der Waals surface area (Å²) in [5.41, 5.74) is -0.218. The first-order valence-corrected chi connectivity index (χ1v) is 8.14. The van der Waals surface area contributed by atoms with E-state index in [0.717, 1.165) is 6.07 Å². The minimum atomic E-state index is -1.04. The van der Waals surface area contributed by atoms with Crippen molar-refractivity contribution in [2.45, 2.75) is 26.8 Å². The van der Waals surface area contributed by atoms with Gasteiger partial charge in [0, 0.05) is 17.5 Å². The van der Waals surface area contributed by atoms with E-state index >= 15 is 0 Å². The number of nitrogens with zero attached hydrogens (tertiary/aromatic N) is 1. The second-order valence-corrected chi connectivity index (χ2v) is 6.39. The van der Waals surface area contributed by atoms with Gasteiger partial charge in [-0.25, -0.2) is 9.59 Å². The number of esters is 1. The minimum absolute atomic E-state index is 0.0882. The van der Waals surface area contributed by atoms with Gasteiger partial charge in [-0.05, 0) is 24.5 Å². The normalized spacial score (nSPS) is 16.6. The van der Waals surface area contributed by atoms with Crippen molar-refractivity contribution < 1.29 is 29.1 Å². The van der Waals surface area contributed by atoms with Crippen LogP contribution in [0.15, 0.2) is 23.4 Å². The van der Waals surface area contributed by atoms with E-state index in [-0.39, 0.29) is 35.1 Å². The van der Waals surface area contributed by atoms with Crippen molar-refractivity contribution in [3.8, 4) is 11.5 Å². The number of carbonyl (C=O) groups is 2. The molecule has 1 aliphatic rings. The van der Waals surface area contributed by atoms with Gasteiger partial charge in [-0.3, -0.25) is 10.1 Å². The quantitative estimate of drug-likeness (QED) is 0.434. The summed E-state index contributed by atoms with van der Waals surface area (Å²) >= 11 is 0. The molecule has 2 N–H and O–H groups in total. The summed E-state index contributed by atoms with van der Waals surface area (Å²) < 4.78 is 10.2. The average molecular weight is 378 g/mol. The van der Waals surface area contributed by atoms with Gasteiger partial charge in [0.05, 0.1) is 30.3 Å². The second kappa shape index (κ2) is 7.94. The summed E-state index contributed by atoms with van der Waals surface area (Å²) in [5, 5.41) is 28.2. The van der Waals surface area contributed by atoms with Crippen LogP contribution in [0.4, 0.5) is 10.5 Å². The number of nitro groups is 1. The Kier molecular flexibility index (Phi) is 5.88. The third kappa shape index (κ3) is 4.27. The Hall–Kier alpha value is -3.30. The number of nitro benzene ring substituents is 1. The van der Waals surface area contributed by atoms with Gasteiger partial charge in [0.1, 0.15) is 5.75 Å². The Labute approximate surface area is 155 Å². The van der Waals surface area contributed by atoms with Crippen molar-refractivity contribution in [2.24, 2.45) is 5.92 Å². The van der Waals surface area contributed by atoms with Crippen LogP contribution in [-0.4, -0.2) is 30.6 Å².